The number of hydrogen-bond acceptors (Lipinski definition) is 5. The molecule has 2 heterocycles. The SMILES string of the molecule is CCOC(=O)C1CCN(N2CCCC(C)(C(=O)O)C2)CC1. The molecule has 0 saturated carbocycles. The zero-order valence-corrected chi connectivity index (χ0v) is 13.0. The van der Waals surface area contributed by atoms with Crippen LogP contribution < -0.4 is 0 Å². The molecule has 0 amide bonds. The summed E-state index contributed by atoms with van der Waals surface area (Å²) < 4.78 is 5.08. The van der Waals surface area contributed by atoms with E-state index >= 15 is 0 Å². The number of carboxylic acids is 1. The second-order valence-electron chi connectivity index (χ2n) is 6.34. The Bertz CT molecular complexity index is 393. The van der Waals surface area contributed by atoms with Gasteiger partial charge in [0.25, 0.3) is 0 Å². The van der Waals surface area contributed by atoms with Crippen LogP contribution in [0.3, 0.4) is 0 Å². The minimum Gasteiger partial charge on any atom is -0.481 e. The van der Waals surface area contributed by atoms with Crippen molar-refractivity contribution in [1.29, 1.82) is 0 Å². The van der Waals surface area contributed by atoms with E-state index in [1.54, 1.807) is 0 Å². The van der Waals surface area contributed by atoms with Crippen LogP contribution in [0.5, 0.6) is 0 Å². The topological polar surface area (TPSA) is 70.1 Å². The zero-order chi connectivity index (χ0) is 15.5. The molecule has 0 spiro atoms. The van der Waals surface area contributed by atoms with E-state index in [-0.39, 0.29) is 11.9 Å². The van der Waals surface area contributed by atoms with E-state index in [0.717, 1.165) is 45.3 Å². The number of carboxylic acid groups (broad SMARTS) is 1. The highest BCUT2D eigenvalue weighted by Gasteiger charge is 2.40. The van der Waals surface area contributed by atoms with Gasteiger partial charge in [-0.25, -0.2) is 10.0 Å². The molecule has 6 nitrogen and oxygen atoms in total. The quantitative estimate of drug-likeness (QED) is 0.790. The molecule has 0 aliphatic carbocycles. The van der Waals surface area contributed by atoms with E-state index in [2.05, 4.69) is 10.0 Å². The van der Waals surface area contributed by atoms with Crippen molar-refractivity contribution in [1.82, 2.24) is 10.0 Å². The van der Waals surface area contributed by atoms with Crippen LogP contribution in [0.25, 0.3) is 0 Å². The lowest BCUT2D eigenvalue weighted by atomic mass is 9.82. The molecule has 6 heteroatoms. The van der Waals surface area contributed by atoms with Crippen LogP contribution in [0.1, 0.15) is 39.5 Å². The van der Waals surface area contributed by atoms with E-state index in [1.807, 2.05) is 13.8 Å². The number of hydrogen-bond donors (Lipinski definition) is 1. The third kappa shape index (κ3) is 3.74. The van der Waals surface area contributed by atoms with Gasteiger partial charge in [0.2, 0.25) is 0 Å². The van der Waals surface area contributed by atoms with Gasteiger partial charge in [-0.15, -0.1) is 0 Å². The third-order valence-electron chi connectivity index (χ3n) is 4.68. The van der Waals surface area contributed by atoms with E-state index in [1.165, 1.54) is 0 Å². The van der Waals surface area contributed by atoms with Crippen LogP contribution in [0.4, 0.5) is 0 Å². The first-order chi connectivity index (χ1) is 9.96. The van der Waals surface area contributed by atoms with E-state index in [9.17, 15) is 14.7 Å². The number of nitrogens with zero attached hydrogens (tertiary/aromatic N) is 2. The first-order valence-electron chi connectivity index (χ1n) is 7.86. The molecule has 2 fully saturated rings. The average Bonchev–Trinajstić information content (AvgIpc) is 2.47. The number of carbonyl (C=O) groups excluding carboxylic acids is 1. The molecule has 0 aromatic heterocycles. The number of piperidine rings is 2. The fourth-order valence-corrected chi connectivity index (χ4v) is 3.27. The highest BCUT2D eigenvalue weighted by Crippen LogP contribution is 2.31. The predicted molar refractivity (Wildman–Crippen MR) is 77.5 cm³/mol. The molecule has 1 N–H and O–H groups in total. The van der Waals surface area contributed by atoms with Gasteiger partial charge in [-0.05, 0) is 39.5 Å². The highest BCUT2D eigenvalue weighted by atomic mass is 16.5. The maximum Gasteiger partial charge on any atom is 0.310 e. The monoisotopic (exact) mass is 298 g/mol. The van der Waals surface area contributed by atoms with Crippen molar-refractivity contribution in [3.05, 3.63) is 0 Å². The van der Waals surface area contributed by atoms with Crippen molar-refractivity contribution in [2.45, 2.75) is 39.5 Å². The summed E-state index contributed by atoms with van der Waals surface area (Å²) in [5.41, 5.74) is -0.657. The lowest BCUT2D eigenvalue weighted by Crippen LogP contribution is -2.55. The van der Waals surface area contributed by atoms with E-state index < -0.39 is 11.4 Å². The highest BCUT2D eigenvalue weighted by molar-refractivity contribution is 5.74. The number of ether oxygens (including phenoxy) is 1. The van der Waals surface area contributed by atoms with Crippen LogP contribution in [-0.2, 0) is 14.3 Å². The summed E-state index contributed by atoms with van der Waals surface area (Å²) >= 11 is 0. The Morgan fingerprint density at radius 3 is 2.48 bits per heavy atom. The van der Waals surface area contributed by atoms with Crippen LogP contribution in [0, 0.1) is 11.3 Å². The van der Waals surface area contributed by atoms with E-state index in [0.29, 0.717) is 13.2 Å². The first kappa shape index (κ1) is 16.2. The number of rotatable bonds is 4. The summed E-state index contributed by atoms with van der Waals surface area (Å²) in [6.07, 6.45) is 3.22. The number of hydrazine groups is 1. The normalized spacial score (nSPS) is 29.2. The molecule has 1 atom stereocenters. The lowest BCUT2D eigenvalue weighted by Gasteiger charge is -2.45. The van der Waals surface area contributed by atoms with Gasteiger partial charge in [0.05, 0.1) is 17.9 Å². The Labute approximate surface area is 126 Å². The summed E-state index contributed by atoms with van der Waals surface area (Å²) in [4.78, 5) is 23.2. The van der Waals surface area contributed by atoms with Gasteiger partial charge in [-0.2, -0.15) is 0 Å². The van der Waals surface area contributed by atoms with Crippen molar-refractivity contribution in [3.63, 3.8) is 0 Å². The predicted octanol–water partition coefficient (Wildman–Crippen LogP) is 1.36. The zero-order valence-electron chi connectivity index (χ0n) is 13.0. The summed E-state index contributed by atoms with van der Waals surface area (Å²) in [5.74, 6) is -0.809. The van der Waals surface area contributed by atoms with Gasteiger partial charge in [0.15, 0.2) is 0 Å². The maximum atomic E-state index is 11.7. The standard InChI is InChI=1S/C15H26N2O4/c1-3-21-13(18)12-5-9-16(10-6-12)17-8-4-7-15(2,11-17)14(19)20/h12H,3-11H2,1-2H3,(H,19,20). The summed E-state index contributed by atoms with van der Waals surface area (Å²) in [7, 11) is 0. The molecule has 0 aromatic rings. The van der Waals surface area contributed by atoms with Gasteiger partial charge in [-0.3, -0.25) is 9.59 Å². The fraction of sp³-hybridized carbons (Fsp3) is 0.867. The second-order valence-corrected chi connectivity index (χ2v) is 6.34. The Kier molecular flexibility index (Phi) is 5.22. The molecule has 120 valence electrons. The second kappa shape index (κ2) is 6.75. The van der Waals surface area contributed by atoms with Gasteiger partial charge in [0.1, 0.15) is 0 Å². The Morgan fingerprint density at radius 1 is 1.24 bits per heavy atom. The Hall–Kier alpha value is -1.14. The van der Waals surface area contributed by atoms with E-state index in [4.69, 9.17) is 4.74 Å². The third-order valence-corrected chi connectivity index (χ3v) is 4.68. The minimum absolute atomic E-state index is 0.00292. The van der Waals surface area contributed by atoms with Gasteiger partial charge >= 0.3 is 11.9 Å². The molecule has 2 aliphatic rings. The van der Waals surface area contributed by atoms with Crippen molar-refractivity contribution in [2.24, 2.45) is 11.3 Å². The molecule has 21 heavy (non-hydrogen) atoms. The molecule has 0 aromatic carbocycles. The first-order valence-corrected chi connectivity index (χ1v) is 7.86. The van der Waals surface area contributed by atoms with Crippen LogP contribution >= 0.6 is 0 Å². The van der Waals surface area contributed by atoms with Crippen molar-refractivity contribution in [2.75, 3.05) is 32.8 Å². The number of aliphatic carboxylic acids is 1. The van der Waals surface area contributed by atoms with Gasteiger partial charge in [-0.1, -0.05) is 0 Å². The Balaban J connectivity index is 1.87. The molecule has 0 radical (unpaired) electrons. The van der Waals surface area contributed by atoms with Crippen LogP contribution in [0.2, 0.25) is 0 Å². The summed E-state index contributed by atoms with van der Waals surface area (Å²) in [6, 6.07) is 0. The van der Waals surface area contributed by atoms with Gasteiger partial charge < -0.3 is 9.84 Å². The number of esters is 1. The van der Waals surface area contributed by atoms with Crippen molar-refractivity contribution >= 4 is 11.9 Å². The fourth-order valence-electron chi connectivity index (χ4n) is 3.27. The smallest absolute Gasteiger partial charge is 0.310 e. The Morgan fingerprint density at radius 2 is 1.90 bits per heavy atom. The van der Waals surface area contributed by atoms with Crippen molar-refractivity contribution < 1.29 is 19.4 Å². The molecular weight excluding hydrogens is 272 g/mol. The lowest BCUT2D eigenvalue weighted by molar-refractivity contribution is -0.161. The summed E-state index contributed by atoms with van der Waals surface area (Å²) in [6.45, 7) is 7.17. The molecule has 1 unspecified atom stereocenters. The van der Waals surface area contributed by atoms with Crippen LogP contribution in [0.15, 0.2) is 0 Å². The van der Waals surface area contributed by atoms with Gasteiger partial charge in [0, 0.05) is 26.2 Å². The average molecular weight is 298 g/mol. The summed E-state index contributed by atoms with van der Waals surface area (Å²) in [5, 5.41) is 13.8. The molecule has 2 saturated heterocycles. The maximum absolute atomic E-state index is 11.7. The number of carbonyl (C=O) groups is 2. The molecule has 2 aliphatic heterocycles. The minimum atomic E-state index is -0.714. The van der Waals surface area contributed by atoms with Crippen LogP contribution in [-0.4, -0.2) is 59.8 Å². The molecule has 0 bridgehead atoms. The van der Waals surface area contributed by atoms with Crippen molar-refractivity contribution in [3.8, 4) is 0 Å². The molecule has 2 rings (SSSR count). The largest absolute Gasteiger partial charge is 0.481 e. The molecular formula is C15H26N2O4.